The molecule has 1 saturated heterocycles. The van der Waals surface area contributed by atoms with Gasteiger partial charge in [-0.3, -0.25) is 0 Å². The number of hydrogen-bond donors (Lipinski definition) is 1. The summed E-state index contributed by atoms with van der Waals surface area (Å²) < 4.78 is 11.3. The van der Waals surface area contributed by atoms with Crippen molar-refractivity contribution in [3.63, 3.8) is 0 Å². The molecule has 1 aliphatic heterocycles. The first-order valence-corrected chi connectivity index (χ1v) is 7.24. The predicted molar refractivity (Wildman–Crippen MR) is 78.0 cm³/mol. The Kier molecular flexibility index (Phi) is 4.82. The third-order valence-electron chi connectivity index (χ3n) is 3.56. The zero-order valence-corrected chi connectivity index (χ0v) is 12.3. The Hall–Kier alpha value is -0.380. The topological polar surface area (TPSA) is 18.5 Å². The number of thiol groups is 1. The molecule has 0 amide bonds. The minimum atomic E-state index is 0.148. The normalized spacial score (nSPS) is 18.6. The van der Waals surface area contributed by atoms with Crippen LogP contribution in [0.2, 0.25) is 5.02 Å². The minimum Gasteiger partial charge on any atom is -0.493 e. The van der Waals surface area contributed by atoms with Gasteiger partial charge in [-0.15, -0.1) is 0 Å². The Morgan fingerprint density at radius 2 is 2.11 bits per heavy atom. The third kappa shape index (κ3) is 3.34. The van der Waals surface area contributed by atoms with E-state index in [4.69, 9.17) is 21.1 Å². The van der Waals surface area contributed by atoms with Crippen LogP contribution in [-0.4, -0.2) is 25.6 Å². The molecule has 2 nitrogen and oxygen atoms in total. The highest BCUT2D eigenvalue weighted by Crippen LogP contribution is 2.33. The molecule has 1 aromatic carbocycles. The monoisotopic (exact) mass is 286 g/mol. The predicted octanol–water partition coefficient (Wildman–Crippen LogP) is 3.75. The van der Waals surface area contributed by atoms with Gasteiger partial charge < -0.3 is 9.47 Å². The number of ether oxygens (including phenoxy) is 2. The van der Waals surface area contributed by atoms with E-state index in [1.165, 1.54) is 0 Å². The standard InChI is InChI=1S/C14H19ClO2S/c1-11-8-12(2-3-13(11)15)17-9-14(10-18)4-6-16-7-5-14/h2-3,8,18H,4-7,9-10H2,1H3. The van der Waals surface area contributed by atoms with Crippen molar-refractivity contribution in [3.05, 3.63) is 28.8 Å². The lowest BCUT2D eigenvalue weighted by Gasteiger charge is -2.35. The molecule has 100 valence electrons. The summed E-state index contributed by atoms with van der Waals surface area (Å²) in [5, 5.41) is 0.775. The van der Waals surface area contributed by atoms with Crippen LogP contribution >= 0.6 is 24.2 Å². The van der Waals surface area contributed by atoms with Gasteiger partial charge in [-0.25, -0.2) is 0 Å². The van der Waals surface area contributed by atoms with Crippen molar-refractivity contribution in [2.75, 3.05) is 25.6 Å². The third-order valence-corrected chi connectivity index (χ3v) is 4.66. The number of halogens is 1. The van der Waals surface area contributed by atoms with Gasteiger partial charge >= 0.3 is 0 Å². The van der Waals surface area contributed by atoms with Gasteiger partial charge in [0, 0.05) is 23.7 Å². The van der Waals surface area contributed by atoms with E-state index in [0.717, 1.165) is 48.1 Å². The molecule has 1 heterocycles. The molecule has 0 aliphatic carbocycles. The fourth-order valence-corrected chi connectivity index (χ4v) is 2.62. The molecule has 2 rings (SSSR count). The van der Waals surface area contributed by atoms with Gasteiger partial charge in [0.2, 0.25) is 0 Å². The van der Waals surface area contributed by atoms with Crippen LogP contribution in [0.5, 0.6) is 5.75 Å². The highest BCUT2D eigenvalue weighted by atomic mass is 35.5. The molecule has 0 aromatic heterocycles. The Morgan fingerprint density at radius 3 is 2.72 bits per heavy atom. The van der Waals surface area contributed by atoms with Crippen molar-refractivity contribution in [3.8, 4) is 5.75 Å². The molecular formula is C14H19ClO2S. The van der Waals surface area contributed by atoms with Gasteiger partial charge in [-0.05, 0) is 49.3 Å². The maximum absolute atomic E-state index is 6.00. The summed E-state index contributed by atoms with van der Waals surface area (Å²) in [6.45, 7) is 4.30. The van der Waals surface area contributed by atoms with Crippen LogP contribution in [0.25, 0.3) is 0 Å². The number of hydrogen-bond acceptors (Lipinski definition) is 3. The van der Waals surface area contributed by atoms with Crippen LogP contribution in [0.1, 0.15) is 18.4 Å². The second kappa shape index (κ2) is 6.18. The van der Waals surface area contributed by atoms with Crippen LogP contribution in [0.15, 0.2) is 18.2 Å². The zero-order valence-electron chi connectivity index (χ0n) is 10.6. The molecule has 1 aromatic rings. The lowest BCUT2D eigenvalue weighted by Crippen LogP contribution is -2.36. The number of benzene rings is 1. The molecule has 1 aliphatic rings. The van der Waals surface area contributed by atoms with Gasteiger partial charge in [0.25, 0.3) is 0 Å². The number of aryl methyl sites for hydroxylation is 1. The molecule has 0 N–H and O–H groups in total. The van der Waals surface area contributed by atoms with E-state index < -0.39 is 0 Å². The van der Waals surface area contributed by atoms with E-state index in [-0.39, 0.29) is 5.41 Å². The van der Waals surface area contributed by atoms with E-state index in [1.807, 2.05) is 25.1 Å². The largest absolute Gasteiger partial charge is 0.493 e. The van der Waals surface area contributed by atoms with Gasteiger partial charge in [0.15, 0.2) is 0 Å². The van der Waals surface area contributed by atoms with Crippen LogP contribution < -0.4 is 4.74 Å². The van der Waals surface area contributed by atoms with E-state index in [2.05, 4.69) is 12.6 Å². The first-order valence-electron chi connectivity index (χ1n) is 6.23. The molecule has 0 unspecified atom stereocenters. The SMILES string of the molecule is Cc1cc(OCC2(CS)CCOCC2)ccc1Cl. The Bertz CT molecular complexity index is 403. The van der Waals surface area contributed by atoms with Crippen molar-refractivity contribution in [1.82, 2.24) is 0 Å². The van der Waals surface area contributed by atoms with Crippen molar-refractivity contribution < 1.29 is 9.47 Å². The highest BCUT2D eigenvalue weighted by molar-refractivity contribution is 7.80. The van der Waals surface area contributed by atoms with E-state index in [0.29, 0.717) is 6.61 Å². The van der Waals surface area contributed by atoms with Crippen LogP contribution in [0.3, 0.4) is 0 Å². The molecule has 1 fully saturated rings. The minimum absolute atomic E-state index is 0.148. The van der Waals surface area contributed by atoms with Crippen molar-refractivity contribution >= 4 is 24.2 Å². The summed E-state index contributed by atoms with van der Waals surface area (Å²) in [6, 6.07) is 5.78. The molecule has 0 atom stereocenters. The van der Waals surface area contributed by atoms with Gasteiger partial charge in [-0.2, -0.15) is 12.6 Å². The molecule has 0 saturated carbocycles. The molecule has 0 bridgehead atoms. The van der Waals surface area contributed by atoms with Crippen molar-refractivity contribution in [2.45, 2.75) is 19.8 Å². The second-order valence-corrected chi connectivity index (χ2v) is 5.69. The number of rotatable bonds is 4. The Labute approximate surface area is 119 Å². The zero-order chi connectivity index (χ0) is 13.0. The highest BCUT2D eigenvalue weighted by Gasteiger charge is 2.32. The molecule has 0 spiro atoms. The molecule has 4 heteroatoms. The average Bonchev–Trinajstić information content (AvgIpc) is 2.41. The summed E-state index contributed by atoms with van der Waals surface area (Å²) in [7, 11) is 0. The van der Waals surface area contributed by atoms with Crippen LogP contribution in [0.4, 0.5) is 0 Å². The summed E-state index contributed by atoms with van der Waals surface area (Å²) >= 11 is 10.5. The smallest absolute Gasteiger partial charge is 0.119 e. The molecule has 18 heavy (non-hydrogen) atoms. The Morgan fingerprint density at radius 1 is 1.39 bits per heavy atom. The fourth-order valence-electron chi connectivity index (χ4n) is 2.10. The Balaban J connectivity index is 1.98. The second-order valence-electron chi connectivity index (χ2n) is 4.97. The lowest BCUT2D eigenvalue weighted by atomic mass is 9.83. The maximum Gasteiger partial charge on any atom is 0.119 e. The van der Waals surface area contributed by atoms with Crippen LogP contribution in [0, 0.1) is 12.3 Å². The quantitative estimate of drug-likeness (QED) is 0.850. The first kappa shape index (κ1) is 14.0. The van der Waals surface area contributed by atoms with Gasteiger partial charge in [0.1, 0.15) is 5.75 Å². The summed E-state index contributed by atoms with van der Waals surface area (Å²) in [5.41, 5.74) is 1.19. The lowest BCUT2D eigenvalue weighted by molar-refractivity contribution is 0.00310. The van der Waals surface area contributed by atoms with Crippen LogP contribution in [-0.2, 0) is 4.74 Å². The van der Waals surface area contributed by atoms with Gasteiger partial charge in [0.05, 0.1) is 6.61 Å². The van der Waals surface area contributed by atoms with E-state index in [1.54, 1.807) is 0 Å². The fraction of sp³-hybridized carbons (Fsp3) is 0.571. The summed E-state index contributed by atoms with van der Waals surface area (Å²) in [5.74, 6) is 1.72. The average molecular weight is 287 g/mol. The summed E-state index contributed by atoms with van der Waals surface area (Å²) in [6.07, 6.45) is 2.03. The first-order chi connectivity index (χ1) is 8.65. The van der Waals surface area contributed by atoms with E-state index in [9.17, 15) is 0 Å². The van der Waals surface area contributed by atoms with Crippen molar-refractivity contribution in [2.24, 2.45) is 5.41 Å². The molecular weight excluding hydrogens is 268 g/mol. The van der Waals surface area contributed by atoms with Gasteiger partial charge in [-0.1, -0.05) is 11.6 Å². The maximum atomic E-state index is 6.00. The summed E-state index contributed by atoms with van der Waals surface area (Å²) in [4.78, 5) is 0. The molecule has 0 radical (unpaired) electrons. The van der Waals surface area contributed by atoms with E-state index >= 15 is 0 Å². The van der Waals surface area contributed by atoms with Crippen molar-refractivity contribution in [1.29, 1.82) is 0 Å².